The monoisotopic (exact) mass is 543 g/mol. The number of carbonyl (C=O) groups excluding carboxylic acids is 2. The summed E-state index contributed by atoms with van der Waals surface area (Å²) in [6, 6.07) is 22.4. The number of aryl methyl sites for hydroxylation is 1. The van der Waals surface area contributed by atoms with Gasteiger partial charge in [-0.15, -0.1) is 10.2 Å². The van der Waals surface area contributed by atoms with Crippen LogP contribution in [0.3, 0.4) is 0 Å². The molecule has 0 saturated carbocycles. The van der Waals surface area contributed by atoms with Crippen molar-refractivity contribution in [1.82, 2.24) is 20.0 Å². The third-order valence-electron chi connectivity index (χ3n) is 6.89. The number of benzene rings is 2. The Hall–Kier alpha value is -4.17. The van der Waals surface area contributed by atoms with Gasteiger partial charge in [0, 0.05) is 37.3 Å². The minimum atomic E-state index is -0.191. The second kappa shape index (κ2) is 12.1. The van der Waals surface area contributed by atoms with E-state index in [4.69, 9.17) is 16.0 Å². The third-order valence-corrected chi connectivity index (χ3v) is 7.22. The van der Waals surface area contributed by atoms with E-state index in [1.165, 1.54) is 0 Å². The maximum Gasteiger partial charge on any atom is 0.255 e. The molecule has 0 N–H and O–H groups in total. The fourth-order valence-corrected chi connectivity index (χ4v) is 4.97. The Morgan fingerprint density at radius 3 is 2.49 bits per heavy atom. The van der Waals surface area contributed by atoms with Crippen LogP contribution >= 0.6 is 11.6 Å². The fraction of sp³-hybridized carbons (Fsp3) is 0.267. The molecule has 2 amide bonds. The maximum atomic E-state index is 13.4. The number of nitrogens with zero attached hydrogens (tertiary/aromatic N) is 5. The average molecular weight is 544 g/mol. The quantitative estimate of drug-likeness (QED) is 0.323. The number of rotatable bonds is 7. The van der Waals surface area contributed by atoms with Crippen molar-refractivity contribution in [1.29, 1.82) is 0 Å². The largest absolute Gasteiger partial charge is 0.467 e. The number of hydrogen-bond donors (Lipinski definition) is 0. The topological polar surface area (TPSA) is 82.8 Å². The number of anilines is 1. The zero-order valence-corrected chi connectivity index (χ0v) is 22.6. The van der Waals surface area contributed by atoms with Crippen molar-refractivity contribution in [3.8, 4) is 11.3 Å². The van der Waals surface area contributed by atoms with Crippen molar-refractivity contribution in [2.24, 2.45) is 0 Å². The molecular formula is C30H30ClN5O3. The molecule has 200 valence electrons. The number of hydrogen-bond acceptors (Lipinski definition) is 6. The summed E-state index contributed by atoms with van der Waals surface area (Å²) >= 11 is 6.31. The third kappa shape index (κ3) is 6.29. The van der Waals surface area contributed by atoms with Crippen LogP contribution in [0.5, 0.6) is 0 Å². The van der Waals surface area contributed by atoms with E-state index >= 15 is 0 Å². The summed E-state index contributed by atoms with van der Waals surface area (Å²) in [5, 5.41) is 9.46. The lowest BCUT2D eigenvalue weighted by Crippen LogP contribution is -2.44. The Morgan fingerprint density at radius 2 is 1.74 bits per heavy atom. The number of furan rings is 1. The number of aromatic nitrogens is 2. The van der Waals surface area contributed by atoms with E-state index in [-0.39, 0.29) is 24.9 Å². The van der Waals surface area contributed by atoms with Gasteiger partial charge in [0.15, 0.2) is 5.82 Å². The Labute approximate surface area is 232 Å². The van der Waals surface area contributed by atoms with Crippen LogP contribution in [0, 0.1) is 6.92 Å². The lowest BCUT2D eigenvalue weighted by molar-refractivity contribution is -0.131. The van der Waals surface area contributed by atoms with E-state index in [1.807, 2.05) is 72.5 Å². The highest BCUT2D eigenvalue weighted by atomic mass is 35.5. The smallest absolute Gasteiger partial charge is 0.255 e. The van der Waals surface area contributed by atoms with Crippen LogP contribution in [-0.2, 0) is 11.3 Å². The van der Waals surface area contributed by atoms with Gasteiger partial charge < -0.3 is 19.1 Å². The Bertz CT molecular complexity index is 1420. The minimum absolute atomic E-state index is 0.0276. The number of carbonyl (C=O) groups is 2. The van der Waals surface area contributed by atoms with Crippen LogP contribution in [0.1, 0.15) is 28.1 Å². The van der Waals surface area contributed by atoms with E-state index in [9.17, 15) is 9.59 Å². The highest BCUT2D eigenvalue weighted by Crippen LogP contribution is 2.26. The molecule has 8 nitrogen and oxygen atoms in total. The molecule has 39 heavy (non-hydrogen) atoms. The van der Waals surface area contributed by atoms with Crippen molar-refractivity contribution in [3.05, 3.63) is 101 Å². The molecule has 0 spiro atoms. The summed E-state index contributed by atoms with van der Waals surface area (Å²) in [6.45, 7) is 4.60. The van der Waals surface area contributed by atoms with Gasteiger partial charge in [-0.05, 0) is 55.3 Å². The standard InChI is InChI=1S/C30H30ClN5O3/c1-22-8-2-3-10-24(22)30(38)36(20-23-9-6-19-39-23)21-29(37)35-16-7-15-34(17-18-35)28-14-13-27(32-33-28)25-11-4-5-12-26(25)31/h2-6,8-14,19H,7,15-18,20-21H2,1H3. The second-order valence-corrected chi connectivity index (χ2v) is 9.94. The van der Waals surface area contributed by atoms with Crippen molar-refractivity contribution >= 4 is 29.2 Å². The molecule has 0 unspecified atom stereocenters. The SMILES string of the molecule is Cc1ccccc1C(=O)N(CC(=O)N1CCCN(c2ccc(-c3ccccc3Cl)nn2)CC1)Cc1ccco1. The van der Waals surface area contributed by atoms with E-state index in [1.54, 1.807) is 23.3 Å². The summed E-state index contributed by atoms with van der Waals surface area (Å²) in [4.78, 5) is 32.4. The van der Waals surface area contributed by atoms with Crippen LogP contribution in [-0.4, -0.2) is 64.5 Å². The fourth-order valence-electron chi connectivity index (χ4n) is 4.74. The van der Waals surface area contributed by atoms with Gasteiger partial charge in [0.2, 0.25) is 5.91 Å². The first kappa shape index (κ1) is 26.4. The highest BCUT2D eigenvalue weighted by Gasteiger charge is 2.26. The van der Waals surface area contributed by atoms with Crippen LogP contribution in [0.25, 0.3) is 11.3 Å². The van der Waals surface area contributed by atoms with Crippen molar-refractivity contribution < 1.29 is 14.0 Å². The zero-order valence-electron chi connectivity index (χ0n) is 21.8. The molecule has 1 aliphatic rings. The molecule has 1 aliphatic heterocycles. The highest BCUT2D eigenvalue weighted by molar-refractivity contribution is 6.33. The number of amides is 2. The zero-order chi connectivity index (χ0) is 27.2. The van der Waals surface area contributed by atoms with Crippen LogP contribution in [0.4, 0.5) is 5.82 Å². The molecule has 4 aromatic rings. The van der Waals surface area contributed by atoms with Gasteiger partial charge in [0.05, 0.1) is 23.5 Å². The van der Waals surface area contributed by atoms with Gasteiger partial charge in [-0.1, -0.05) is 48.0 Å². The van der Waals surface area contributed by atoms with Crippen LogP contribution in [0.15, 0.2) is 83.5 Å². The van der Waals surface area contributed by atoms with Gasteiger partial charge in [-0.25, -0.2) is 0 Å². The van der Waals surface area contributed by atoms with Crippen LogP contribution in [0.2, 0.25) is 5.02 Å². The van der Waals surface area contributed by atoms with E-state index in [0.29, 0.717) is 41.7 Å². The average Bonchev–Trinajstić information content (AvgIpc) is 3.34. The summed E-state index contributed by atoms with van der Waals surface area (Å²) in [6.07, 6.45) is 2.35. The first-order valence-corrected chi connectivity index (χ1v) is 13.4. The molecule has 0 atom stereocenters. The first-order chi connectivity index (χ1) is 19.0. The lowest BCUT2D eigenvalue weighted by atomic mass is 10.1. The van der Waals surface area contributed by atoms with Gasteiger partial charge >= 0.3 is 0 Å². The normalized spacial score (nSPS) is 13.7. The van der Waals surface area contributed by atoms with Crippen molar-refractivity contribution in [2.45, 2.75) is 19.9 Å². The van der Waals surface area contributed by atoms with Gasteiger partial charge in [-0.3, -0.25) is 9.59 Å². The molecule has 2 aromatic carbocycles. The van der Waals surface area contributed by atoms with E-state index < -0.39 is 0 Å². The van der Waals surface area contributed by atoms with Crippen molar-refractivity contribution in [3.63, 3.8) is 0 Å². The molecular weight excluding hydrogens is 514 g/mol. The summed E-state index contributed by atoms with van der Waals surface area (Å²) in [7, 11) is 0. The summed E-state index contributed by atoms with van der Waals surface area (Å²) in [5.74, 6) is 1.11. The van der Waals surface area contributed by atoms with Crippen LogP contribution < -0.4 is 4.90 Å². The molecule has 0 radical (unpaired) electrons. The first-order valence-electron chi connectivity index (χ1n) is 13.0. The van der Waals surface area contributed by atoms with Gasteiger partial charge in [-0.2, -0.15) is 0 Å². The molecule has 1 saturated heterocycles. The number of halogens is 1. The second-order valence-electron chi connectivity index (χ2n) is 9.53. The van der Waals surface area contributed by atoms with Gasteiger partial charge in [0.1, 0.15) is 12.3 Å². The molecule has 2 aromatic heterocycles. The molecule has 0 bridgehead atoms. The van der Waals surface area contributed by atoms with Gasteiger partial charge in [0.25, 0.3) is 5.91 Å². The summed E-state index contributed by atoms with van der Waals surface area (Å²) < 4.78 is 5.49. The van der Waals surface area contributed by atoms with E-state index in [0.717, 1.165) is 29.9 Å². The molecule has 0 aliphatic carbocycles. The lowest BCUT2D eigenvalue weighted by Gasteiger charge is -2.27. The molecule has 9 heteroatoms. The Morgan fingerprint density at radius 1 is 0.923 bits per heavy atom. The maximum absolute atomic E-state index is 13.4. The molecule has 1 fully saturated rings. The molecule has 3 heterocycles. The Kier molecular flexibility index (Phi) is 8.22. The predicted octanol–water partition coefficient (Wildman–Crippen LogP) is 5.08. The summed E-state index contributed by atoms with van der Waals surface area (Å²) in [5.41, 5.74) is 3.00. The Balaban J connectivity index is 1.25. The predicted molar refractivity (Wildman–Crippen MR) is 151 cm³/mol. The van der Waals surface area contributed by atoms with Crippen molar-refractivity contribution in [2.75, 3.05) is 37.6 Å². The minimum Gasteiger partial charge on any atom is -0.467 e. The molecule has 5 rings (SSSR count). The van der Waals surface area contributed by atoms with E-state index in [2.05, 4.69) is 15.1 Å².